The summed E-state index contributed by atoms with van der Waals surface area (Å²) in [5, 5.41) is 9.41. The van der Waals surface area contributed by atoms with Gasteiger partial charge in [0.25, 0.3) is 0 Å². The monoisotopic (exact) mass is 311 g/mol. The van der Waals surface area contributed by atoms with Gasteiger partial charge in [0, 0.05) is 13.1 Å². The van der Waals surface area contributed by atoms with Crippen molar-refractivity contribution in [1.29, 1.82) is 0 Å². The molecule has 1 heterocycles. The van der Waals surface area contributed by atoms with Crippen molar-refractivity contribution in [3.63, 3.8) is 0 Å². The van der Waals surface area contributed by atoms with Gasteiger partial charge >= 0.3 is 12.1 Å². The number of aliphatic carboxylic acids is 1. The fourth-order valence-corrected chi connectivity index (χ4v) is 3.74. The van der Waals surface area contributed by atoms with E-state index in [9.17, 15) is 14.7 Å². The third-order valence-corrected chi connectivity index (χ3v) is 4.80. The lowest BCUT2D eigenvalue weighted by Crippen LogP contribution is -2.49. The van der Waals surface area contributed by atoms with Gasteiger partial charge in [-0.25, -0.2) is 4.79 Å². The molecular formula is C17H29NO4. The number of nitrogens with zero attached hydrogens (tertiary/aromatic N) is 1. The maximum Gasteiger partial charge on any atom is 0.410 e. The molecule has 2 aliphatic rings. The number of carboxylic acids is 1. The van der Waals surface area contributed by atoms with Gasteiger partial charge in [-0.2, -0.15) is 0 Å². The molecule has 5 heteroatoms. The van der Waals surface area contributed by atoms with Crippen LogP contribution in [0.15, 0.2) is 0 Å². The second kappa shape index (κ2) is 6.88. The van der Waals surface area contributed by atoms with Crippen LogP contribution in [0.3, 0.4) is 0 Å². The maximum absolute atomic E-state index is 12.3. The van der Waals surface area contributed by atoms with E-state index >= 15 is 0 Å². The third kappa shape index (κ3) is 4.62. The highest BCUT2D eigenvalue weighted by Crippen LogP contribution is 2.36. The van der Waals surface area contributed by atoms with Crippen molar-refractivity contribution in [3.05, 3.63) is 0 Å². The van der Waals surface area contributed by atoms with Gasteiger partial charge in [-0.3, -0.25) is 4.79 Å². The van der Waals surface area contributed by atoms with Crippen LogP contribution in [0.4, 0.5) is 4.79 Å². The Hall–Kier alpha value is -1.26. The lowest BCUT2D eigenvalue weighted by Gasteiger charge is -2.41. The minimum Gasteiger partial charge on any atom is -0.481 e. The zero-order valence-corrected chi connectivity index (χ0v) is 14.0. The van der Waals surface area contributed by atoms with Crippen LogP contribution >= 0.6 is 0 Å². The van der Waals surface area contributed by atoms with E-state index in [1.54, 1.807) is 4.90 Å². The Morgan fingerprint density at radius 2 is 1.68 bits per heavy atom. The molecule has 1 amide bonds. The Bertz CT molecular complexity index is 409. The van der Waals surface area contributed by atoms with E-state index in [0.717, 1.165) is 0 Å². The number of hydrogen-bond acceptors (Lipinski definition) is 3. The molecule has 0 aromatic rings. The van der Waals surface area contributed by atoms with Gasteiger partial charge in [-0.1, -0.05) is 32.1 Å². The molecule has 0 aromatic carbocycles. The van der Waals surface area contributed by atoms with Gasteiger partial charge in [0.1, 0.15) is 5.60 Å². The Kier molecular flexibility index (Phi) is 5.35. The minimum atomic E-state index is -0.797. The summed E-state index contributed by atoms with van der Waals surface area (Å²) in [5.74, 6) is -0.411. The first kappa shape index (κ1) is 17.1. The number of hydrogen-bond donors (Lipinski definition) is 1. The summed E-state index contributed by atoms with van der Waals surface area (Å²) in [4.78, 5) is 25.4. The van der Waals surface area contributed by atoms with E-state index in [-0.39, 0.29) is 12.6 Å². The summed E-state index contributed by atoms with van der Waals surface area (Å²) >= 11 is 0. The molecule has 0 bridgehead atoms. The second-order valence-corrected chi connectivity index (χ2v) is 7.81. The molecule has 2 atom stereocenters. The van der Waals surface area contributed by atoms with Crippen LogP contribution in [0.25, 0.3) is 0 Å². The summed E-state index contributed by atoms with van der Waals surface area (Å²) in [6, 6.07) is 0. The highest BCUT2D eigenvalue weighted by molar-refractivity contribution is 5.73. The highest BCUT2D eigenvalue weighted by atomic mass is 16.6. The second-order valence-electron chi connectivity index (χ2n) is 7.81. The molecule has 0 aromatic heterocycles. The number of ether oxygens (including phenoxy) is 1. The normalized spacial score (nSPS) is 27.5. The number of carbonyl (C=O) groups excluding carboxylic acids is 1. The molecule has 1 N–H and O–H groups in total. The Morgan fingerprint density at radius 1 is 1.05 bits per heavy atom. The molecule has 5 nitrogen and oxygen atoms in total. The van der Waals surface area contributed by atoms with Crippen LogP contribution in [-0.4, -0.2) is 40.8 Å². The van der Waals surface area contributed by atoms with E-state index in [4.69, 9.17) is 4.74 Å². The molecule has 0 radical (unpaired) electrons. The first-order valence-corrected chi connectivity index (χ1v) is 8.47. The van der Waals surface area contributed by atoms with Crippen LogP contribution < -0.4 is 0 Å². The predicted octanol–water partition coefficient (Wildman–Crippen LogP) is 3.52. The van der Waals surface area contributed by atoms with Gasteiger partial charge in [0.15, 0.2) is 0 Å². The molecular weight excluding hydrogens is 282 g/mol. The van der Waals surface area contributed by atoms with Crippen LogP contribution in [0.5, 0.6) is 0 Å². The Labute approximate surface area is 133 Å². The molecule has 2 fully saturated rings. The molecule has 0 spiro atoms. The van der Waals surface area contributed by atoms with Crippen molar-refractivity contribution >= 4 is 12.1 Å². The fraction of sp³-hybridized carbons (Fsp3) is 0.882. The van der Waals surface area contributed by atoms with Crippen LogP contribution in [0.2, 0.25) is 0 Å². The van der Waals surface area contributed by atoms with E-state index in [1.807, 2.05) is 20.8 Å². The molecule has 1 aliphatic carbocycles. The quantitative estimate of drug-likeness (QED) is 0.847. The first-order valence-electron chi connectivity index (χ1n) is 8.47. The van der Waals surface area contributed by atoms with E-state index in [1.165, 1.54) is 32.1 Å². The SMILES string of the molecule is CC(C)(C)OC(=O)N1C[C@H](C(=O)O)C[C@H](C2CCCCC2)C1. The zero-order chi connectivity index (χ0) is 16.3. The number of amides is 1. The minimum absolute atomic E-state index is 0.271. The largest absolute Gasteiger partial charge is 0.481 e. The summed E-state index contributed by atoms with van der Waals surface area (Å²) in [5.41, 5.74) is -0.548. The summed E-state index contributed by atoms with van der Waals surface area (Å²) in [6.45, 7) is 6.42. The first-order chi connectivity index (χ1) is 10.3. The van der Waals surface area contributed by atoms with E-state index < -0.39 is 17.5 Å². The number of carbonyl (C=O) groups is 2. The predicted molar refractivity (Wildman–Crippen MR) is 83.6 cm³/mol. The molecule has 126 valence electrons. The number of likely N-dealkylation sites (tertiary alicyclic amines) is 1. The molecule has 22 heavy (non-hydrogen) atoms. The molecule has 0 unspecified atom stereocenters. The third-order valence-electron chi connectivity index (χ3n) is 4.80. The van der Waals surface area contributed by atoms with E-state index in [2.05, 4.69) is 0 Å². The van der Waals surface area contributed by atoms with Crippen molar-refractivity contribution in [2.45, 2.75) is 64.9 Å². The number of rotatable bonds is 2. The highest BCUT2D eigenvalue weighted by Gasteiger charge is 2.38. The topological polar surface area (TPSA) is 66.8 Å². The summed E-state index contributed by atoms with van der Waals surface area (Å²) < 4.78 is 5.43. The average molecular weight is 311 g/mol. The van der Waals surface area contributed by atoms with Crippen LogP contribution in [0, 0.1) is 17.8 Å². The van der Waals surface area contributed by atoms with Crippen molar-refractivity contribution in [2.75, 3.05) is 13.1 Å². The molecule has 1 aliphatic heterocycles. The molecule has 1 saturated carbocycles. The van der Waals surface area contributed by atoms with Gasteiger partial charge < -0.3 is 14.7 Å². The van der Waals surface area contributed by atoms with Gasteiger partial charge in [-0.05, 0) is 39.0 Å². The Morgan fingerprint density at radius 3 is 2.23 bits per heavy atom. The standard InChI is InChI=1S/C17H29NO4/c1-17(2,3)22-16(21)18-10-13(9-14(11-18)15(19)20)12-7-5-4-6-8-12/h12-14H,4-11H2,1-3H3,(H,19,20)/t13-,14+/m0/s1. The summed E-state index contributed by atoms with van der Waals surface area (Å²) in [6.07, 6.45) is 6.38. The van der Waals surface area contributed by atoms with Crippen LogP contribution in [-0.2, 0) is 9.53 Å². The van der Waals surface area contributed by atoms with Crippen molar-refractivity contribution < 1.29 is 19.4 Å². The Balaban J connectivity index is 2.05. The van der Waals surface area contributed by atoms with Gasteiger partial charge in [0.2, 0.25) is 0 Å². The fourth-order valence-electron chi connectivity index (χ4n) is 3.74. The average Bonchev–Trinajstić information content (AvgIpc) is 2.46. The summed E-state index contributed by atoms with van der Waals surface area (Å²) in [7, 11) is 0. The van der Waals surface area contributed by atoms with Crippen molar-refractivity contribution in [3.8, 4) is 0 Å². The number of carboxylic acid groups (broad SMARTS) is 1. The molecule has 1 saturated heterocycles. The van der Waals surface area contributed by atoms with Crippen LogP contribution in [0.1, 0.15) is 59.3 Å². The van der Waals surface area contributed by atoms with Crippen molar-refractivity contribution in [2.24, 2.45) is 17.8 Å². The zero-order valence-electron chi connectivity index (χ0n) is 14.0. The van der Waals surface area contributed by atoms with Gasteiger partial charge in [-0.15, -0.1) is 0 Å². The lowest BCUT2D eigenvalue weighted by atomic mass is 9.74. The molecule has 2 rings (SSSR count). The number of piperidine rings is 1. The maximum atomic E-state index is 12.3. The smallest absolute Gasteiger partial charge is 0.410 e. The lowest BCUT2D eigenvalue weighted by molar-refractivity contribution is -0.144. The van der Waals surface area contributed by atoms with Gasteiger partial charge in [0.05, 0.1) is 5.92 Å². The van der Waals surface area contributed by atoms with E-state index in [0.29, 0.717) is 24.8 Å². The van der Waals surface area contributed by atoms with Crippen molar-refractivity contribution in [1.82, 2.24) is 4.90 Å².